The van der Waals surface area contributed by atoms with Gasteiger partial charge in [0.05, 0.1) is 5.56 Å². The number of halogens is 1. The number of anilines is 1. The Morgan fingerprint density at radius 2 is 1.68 bits per heavy atom. The summed E-state index contributed by atoms with van der Waals surface area (Å²) in [7, 11) is 0. The number of nitrogens with zero attached hydrogens (tertiary/aromatic N) is 1. The lowest BCUT2D eigenvalue weighted by molar-refractivity contribution is 0.102. The summed E-state index contributed by atoms with van der Waals surface area (Å²) in [6.07, 6.45) is 0. The molecule has 2 rings (SSSR count). The zero-order valence-corrected chi connectivity index (χ0v) is 15.1. The second-order valence-corrected chi connectivity index (χ2v) is 6.25. The molecule has 0 aliphatic rings. The number of carbonyl (C=O) groups excluding carboxylic acids is 1. The van der Waals surface area contributed by atoms with Crippen LogP contribution in [0, 0.1) is 3.57 Å². The first-order valence-electron chi connectivity index (χ1n) is 7.51. The average molecular weight is 408 g/mol. The van der Waals surface area contributed by atoms with Gasteiger partial charge >= 0.3 is 0 Å². The zero-order valence-electron chi connectivity index (χ0n) is 13.0. The lowest BCUT2D eigenvalue weighted by Crippen LogP contribution is -2.22. The van der Waals surface area contributed by atoms with Crippen molar-refractivity contribution in [1.82, 2.24) is 4.90 Å². The second-order valence-electron chi connectivity index (χ2n) is 5.09. The molecule has 116 valence electrons. The van der Waals surface area contributed by atoms with E-state index in [-0.39, 0.29) is 5.91 Å². The maximum atomic E-state index is 12.3. The Kier molecular flexibility index (Phi) is 6.39. The molecule has 0 fully saturated rings. The van der Waals surface area contributed by atoms with Gasteiger partial charge in [-0.1, -0.05) is 38.1 Å². The highest BCUT2D eigenvalue weighted by Gasteiger charge is 2.09. The van der Waals surface area contributed by atoms with Crippen molar-refractivity contribution in [3.63, 3.8) is 0 Å². The minimum absolute atomic E-state index is 0.0681. The molecule has 1 amide bonds. The Hall–Kier alpha value is -1.40. The van der Waals surface area contributed by atoms with Crippen molar-refractivity contribution in [1.29, 1.82) is 0 Å². The summed E-state index contributed by atoms with van der Waals surface area (Å²) in [5, 5.41) is 2.95. The van der Waals surface area contributed by atoms with Crippen LogP contribution in [0.3, 0.4) is 0 Å². The van der Waals surface area contributed by atoms with E-state index in [0.717, 1.165) is 28.9 Å². The van der Waals surface area contributed by atoms with Gasteiger partial charge in [0.15, 0.2) is 0 Å². The van der Waals surface area contributed by atoms with Gasteiger partial charge in [-0.25, -0.2) is 0 Å². The summed E-state index contributed by atoms with van der Waals surface area (Å²) in [5.74, 6) is -0.0681. The molecule has 0 saturated carbocycles. The van der Waals surface area contributed by atoms with Crippen molar-refractivity contribution >= 4 is 34.2 Å². The summed E-state index contributed by atoms with van der Waals surface area (Å²) in [6, 6.07) is 15.7. The molecular formula is C18H21IN2O. The van der Waals surface area contributed by atoms with Gasteiger partial charge in [0.25, 0.3) is 5.91 Å². The van der Waals surface area contributed by atoms with E-state index in [1.54, 1.807) is 0 Å². The van der Waals surface area contributed by atoms with Crippen molar-refractivity contribution < 1.29 is 4.79 Å². The molecule has 0 atom stereocenters. The molecule has 1 N–H and O–H groups in total. The van der Waals surface area contributed by atoms with E-state index in [9.17, 15) is 4.79 Å². The minimum Gasteiger partial charge on any atom is -0.322 e. The van der Waals surface area contributed by atoms with Gasteiger partial charge in [-0.05, 0) is 65.5 Å². The second kappa shape index (κ2) is 8.29. The third-order valence-corrected chi connectivity index (χ3v) is 4.57. The number of rotatable bonds is 6. The lowest BCUT2D eigenvalue weighted by atomic mass is 10.1. The maximum absolute atomic E-state index is 12.3. The van der Waals surface area contributed by atoms with Crippen LogP contribution in [0.15, 0.2) is 48.5 Å². The van der Waals surface area contributed by atoms with Crippen molar-refractivity contribution in [3.05, 3.63) is 63.2 Å². The highest BCUT2D eigenvalue weighted by atomic mass is 127. The van der Waals surface area contributed by atoms with Crippen LogP contribution in [0.4, 0.5) is 5.69 Å². The van der Waals surface area contributed by atoms with Crippen molar-refractivity contribution in [3.8, 4) is 0 Å². The molecule has 22 heavy (non-hydrogen) atoms. The molecule has 0 saturated heterocycles. The van der Waals surface area contributed by atoms with Crippen LogP contribution in [0.1, 0.15) is 29.8 Å². The van der Waals surface area contributed by atoms with Crippen LogP contribution in [0.2, 0.25) is 0 Å². The van der Waals surface area contributed by atoms with E-state index in [1.165, 1.54) is 5.56 Å². The van der Waals surface area contributed by atoms with Crippen molar-refractivity contribution in [2.45, 2.75) is 20.4 Å². The molecule has 0 aromatic heterocycles. The quantitative estimate of drug-likeness (QED) is 0.720. The predicted molar refractivity (Wildman–Crippen MR) is 100 cm³/mol. The van der Waals surface area contributed by atoms with E-state index in [0.29, 0.717) is 5.56 Å². The fraction of sp³-hybridized carbons (Fsp3) is 0.278. The number of carbonyl (C=O) groups is 1. The molecule has 0 radical (unpaired) electrons. The van der Waals surface area contributed by atoms with Gasteiger partial charge < -0.3 is 5.32 Å². The fourth-order valence-corrected chi connectivity index (χ4v) is 2.88. The third-order valence-electron chi connectivity index (χ3n) is 3.63. The Bertz CT molecular complexity index is 621. The maximum Gasteiger partial charge on any atom is 0.256 e. The van der Waals surface area contributed by atoms with Crippen LogP contribution in [-0.2, 0) is 6.54 Å². The minimum atomic E-state index is -0.0681. The standard InChI is InChI=1S/C18H21IN2O/c1-3-21(4-2)13-14-9-11-15(12-10-14)20-18(22)16-7-5-6-8-17(16)19/h5-12H,3-4,13H2,1-2H3,(H,20,22). The Morgan fingerprint density at radius 1 is 1.05 bits per heavy atom. The zero-order chi connectivity index (χ0) is 15.9. The average Bonchev–Trinajstić information content (AvgIpc) is 2.54. The largest absolute Gasteiger partial charge is 0.322 e. The molecule has 3 nitrogen and oxygen atoms in total. The Morgan fingerprint density at radius 3 is 2.27 bits per heavy atom. The molecule has 0 spiro atoms. The van der Waals surface area contributed by atoms with E-state index in [2.05, 4.69) is 58.8 Å². The van der Waals surface area contributed by atoms with Crippen molar-refractivity contribution in [2.24, 2.45) is 0 Å². The first-order chi connectivity index (χ1) is 10.6. The summed E-state index contributed by atoms with van der Waals surface area (Å²) < 4.78 is 0.954. The van der Waals surface area contributed by atoms with E-state index in [4.69, 9.17) is 0 Å². The fourth-order valence-electron chi connectivity index (χ4n) is 2.24. The molecule has 0 aliphatic heterocycles. The smallest absolute Gasteiger partial charge is 0.256 e. The molecule has 0 unspecified atom stereocenters. The number of amides is 1. The molecule has 0 heterocycles. The molecule has 0 aliphatic carbocycles. The molecular weight excluding hydrogens is 387 g/mol. The Labute approximate surface area is 145 Å². The van der Waals surface area contributed by atoms with Crippen LogP contribution < -0.4 is 5.32 Å². The highest BCUT2D eigenvalue weighted by Crippen LogP contribution is 2.16. The first kappa shape index (κ1) is 17.0. The van der Waals surface area contributed by atoms with E-state index in [1.807, 2.05) is 36.4 Å². The van der Waals surface area contributed by atoms with E-state index < -0.39 is 0 Å². The van der Waals surface area contributed by atoms with E-state index >= 15 is 0 Å². The number of benzene rings is 2. The van der Waals surface area contributed by atoms with Gasteiger partial charge in [-0.2, -0.15) is 0 Å². The van der Waals surface area contributed by atoms with Crippen LogP contribution in [0.5, 0.6) is 0 Å². The van der Waals surface area contributed by atoms with Gasteiger partial charge in [-0.15, -0.1) is 0 Å². The SMILES string of the molecule is CCN(CC)Cc1ccc(NC(=O)c2ccccc2I)cc1. The third kappa shape index (κ3) is 4.55. The first-order valence-corrected chi connectivity index (χ1v) is 8.59. The molecule has 0 bridgehead atoms. The summed E-state index contributed by atoms with van der Waals surface area (Å²) in [5.41, 5.74) is 2.79. The number of hydrogen-bond acceptors (Lipinski definition) is 2. The number of nitrogens with one attached hydrogen (secondary N) is 1. The molecule has 2 aromatic carbocycles. The van der Waals surface area contributed by atoms with Gasteiger partial charge in [0, 0.05) is 15.8 Å². The normalized spacial score (nSPS) is 10.7. The Balaban J connectivity index is 2.02. The van der Waals surface area contributed by atoms with Crippen LogP contribution in [0.25, 0.3) is 0 Å². The summed E-state index contributed by atoms with van der Waals surface area (Å²) in [4.78, 5) is 14.6. The monoisotopic (exact) mass is 408 g/mol. The highest BCUT2D eigenvalue weighted by molar-refractivity contribution is 14.1. The van der Waals surface area contributed by atoms with Crippen LogP contribution in [-0.4, -0.2) is 23.9 Å². The number of hydrogen-bond donors (Lipinski definition) is 1. The topological polar surface area (TPSA) is 32.3 Å². The lowest BCUT2D eigenvalue weighted by Gasteiger charge is -2.18. The van der Waals surface area contributed by atoms with Gasteiger partial charge in [-0.3, -0.25) is 9.69 Å². The summed E-state index contributed by atoms with van der Waals surface area (Å²) >= 11 is 2.18. The van der Waals surface area contributed by atoms with Crippen molar-refractivity contribution in [2.75, 3.05) is 18.4 Å². The predicted octanol–water partition coefficient (Wildman–Crippen LogP) is 4.39. The molecule has 4 heteroatoms. The van der Waals surface area contributed by atoms with Crippen LogP contribution >= 0.6 is 22.6 Å². The van der Waals surface area contributed by atoms with Gasteiger partial charge in [0.2, 0.25) is 0 Å². The molecule has 2 aromatic rings. The van der Waals surface area contributed by atoms with Gasteiger partial charge in [0.1, 0.15) is 0 Å². The summed E-state index contributed by atoms with van der Waals surface area (Å²) in [6.45, 7) is 7.36.